The molecule has 4 bridgehead atoms. The fourth-order valence-electron chi connectivity index (χ4n) is 6.71. The van der Waals surface area contributed by atoms with E-state index in [0.717, 1.165) is 11.8 Å². The molecule has 0 aliphatic heterocycles. The molecule has 0 spiro atoms. The molecule has 110 valence electrons. The van der Waals surface area contributed by atoms with Gasteiger partial charge in [0.15, 0.2) is 0 Å². The molecular weight excluding hydrogens is 230 g/mol. The lowest BCUT2D eigenvalue weighted by Gasteiger charge is -2.65. The average Bonchev–Trinajstić information content (AvgIpc) is 2.18. The molecule has 0 aromatic carbocycles. The molecule has 19 heavy (non-hydrogen) atoms. The highest BCUT2D eigenvalue weighted by atomic mass is 14.9. The Morgan fingerprint density at radius 3 is 2.16 bits per heavy atom. The Morgan fingerprint density at radius 2 is 1.63 bits per heavy atom. The zero-order valence-corrected chi connectivity index (χ0v) is 13.5. The maximum atomic E-state index is 3.68. The maximum Gasteiger partial charge on any atom is -0.00258 e. The van der Waals surface area contributed by atoms with Crippen LogP contribution in [-0.4, -0.2) is 13.1 Å². The van der Waals surface area contributed by atoms with Gasteiger partial charge in [0.05, 0.1) is 0 Å². The molecule has 4 rings (SSSR count). The van der Waals surface area contributed by atoms with Gasteiger partial charge in [0.2, 0.25) is 0 Å². The van der Waals surface area contributed by atoms with Crippen molar-refractivity contribution in [3.05, 3.63) is 0 Å². The molecule has 1 heteroatoms. The van der Waals surface area contributed by atoms with Gasteiger partial charge >= 0.3 is 0 Å². The van der Waals surface area contributed by atoms with Gasteiger partial charge < -0.3 is 5.32 Å². The van der Waals surface area contributed by atoms with Crippen LogP contribution in [0.25, 0.3) is 0 Å². The van der Waals surface area contributed by atoms with E-state index in [1.807, 2.05) is 0 Å². The Balaban J connectivity index is 1.64. The van der Waals surface area contributed by atoms with Crippen LogP contribution in [0.5, 0.6) is 0 Å². The molecule has 0 heterocycles. The van der Waals surface area contributed by atoms with Crippen LogP contribution in [-0.2, 0) is 0 Å². The van der Waals surface area contributed by atoms with Gasteiger partial charge in [-0.05, 0) is 86.1 Å². The van der Waals surface area contributed by atoms with Crippen LogP contribution in [0.15, 0.2) is 0 Å². The zero-order valence-electron chi connectivity index (χ0n) is 13.5. The third kappa shape index (κ3) is 2.73. The van der Waals surface area contributed by atoms with Crippen LogP contribution in [0, 0.1) is 28.1 Å². The lowest BCUT2D eigenvalue weighted by molar-refractivity contribution is -0.147. The largest absolute Gasteiger partial charge is 0.316 e. The molecule has 0 radical (unpaired) electrons. The summed E-state index contributed by atoms with van der Waals surface area (Å²) in [5.74, 6) is 1.84. The molecule has 0 saturated heterocycles. The highest BCUT2D eigenvalue weighted by Gasteiger charge is 2.59. The third-order valence-electron chi connectivity index (χ3n) is 6.13. The van der Waals surface area contributed by atoms with E-state index >= 15 is 0 Å². The van der Waals surface area contributed by atoms with Gasteiger partial charge in [-0.25, -0.2) is 0 Å². The summed E-state index contributed by atoms with van der Waals surface area (Å²) in [5.41, 5.74) is 2.07. The Labute approximate surface area is 119 Å². The SMILES string of the molecule is CC(C)CNCCC12CC3CC(C)(CC(C)(C3)C1)C2. The summed E-state index contributed by atoms with van der Waals surface area (Å²) in [6, 6.07) is 0. The predicted molar refractivity (Wildman–Crippen MR) is 82.2 cm³/mol. The normalized spacial score (nSPS) is 48.2. The highest BCUT2D eigenvalue weighted by Crippen LogP contribution is 2.70. The van der Waals surface area contributed by atoms with Gasteiger partial charge in [-0.1, -0.05) is 27.7 Å². The van der Waals surface area contributed by atoms with E-state index in [-0.39, 0.29) is 0 Å². The summed E-state index contributed by atoms with van der Waals surface area (Å²) in [6.07, 6.45) is 10.6. The van der Waals surface area contributed by atoms with Crippen LogP contribution >= 0.6 is 0 Å². The molecular formula is C18H33N. The van der Waals surface area contributed by atoms with Gasteiger partial charge in [0.25, 0.3) is 0 Å². The summed E-state index contributed by atoms with van der Waals surface area (Å²) in [4.78, 5) is 0. The topological polar surface area (TPSA) is 12.0 Å². The fourth-order valence-corrected chi connectivity index (χ4v) is 6.71. The second-order valence-corrected chi connectivity index (χ2v) is 9.48. The number of hydrogen-bond acceptors (Lipinski definition) is 1. The van der Waals surface area contributed by atoms with E-state index in [1.54, 1.807) is 6.42 Å². The van der Waals surface area contributed by atoms with Crippen molar-refractivity contribution >= 4 is 0 Å². The molecule has 1 N–H and O–H groups in total. The van der Waals surface area contributed by atoms with Crippen molar-refractivity contribution in [1.29, 1.82) is 0 Å². The first kappa shape index (κ1) is 13.9. The Kier molecular flexibility index (Phi) is 3.28. The second kappa shape index (κ2) is 4.48. The smallest absolute Gasteiger partial charge is 0.00258 e. The first-order valence-corrected chi connectivity index (χ1v) is 8.53. The summed E-state index contributed by atoms with van der Waals surface area (Å²) < 4.78 is 0. The van der Waals surface area contributed by atoms with E-state index in [0.29, 0.717) is 16.2 Å². The average molecular weight is 263 g/mol. The van der Waals surface area contributed by atoms with Crippen LogP contribution in [0.3, 0.4) is 0 Å². The number of hydrogen-bond donors (Lipinski definition) is 1. The predicted octanol–water partition coefficient (Wildman–Crippen LogP) is 4.62. The van der Waals surface area contributed by atoms with Gasteiger partial charge in [-0.2, -0.15) is 0 Å². The quantitative estimate of drug-likeness (QED) is 0.714. The summed E-state index contributed by atoms with van der Waals surface area (Å²) in [7, 11) is 0. The molecule has 2 unspecified atom stereocenters. The maximum absolute atomic E-state index is 3.68. The first-order chi connectivity index (χ1) is 8.82. The molecule has 0 aromatic heterocycles. The van der Waals surface area contributed by atoms with E-state index in [4.69, 9.17) is 0 Å². The molecule has 4 aliphatic rings. The molecule has 0 aromatic rings. The summed E-state index contributed by atoms with van der Waals surface area (Å²) >= 11 is 0. The summed E-state index contributed by atoms with van der Waals surface area (Å²) in [6.45, 7) is 12.2. The molecule has 4 saturated carbocycles. The van der Waals surface area contributed by atoms with E-state index in [2.05, 4.69) is 33.0 Å². The molecule has 4 fully saturated rings. The van der Waals surface area contributed by atoms with Crippen molar-refractivity contribution in [3.63, 3.8) is 0 Å². The van der Waals surface area contributed by atoms with Crippen molar-refractivity contribution in [2.24, 2.45) is 28.1 Å². The fraction of sp³-hybridized carbons (Fsp3) is 1.00. The monoisotopic (exact) mass is 263 g/mol. The molecule has 4 aliphatic carbocycles. The molecule has 1 nitrogen and oxygen atoms in total. The van der Waals surface area contributed by atoms with Crippen LogP contribution < -0.4 is 5.32 Å². The van der Waals surface area contributed by atoms with Crippen molar-refractivity contribution in [1.82, 2.24) is 5.32 Å². The Hall–Kier alpha value is -0.0400. The van der Waals surface area contributed by atoms with E-state index in [9.17, 15) is 0 Å². The van der Waals surface area contributed by atoms with Crippen molar-refractivity contribution in [2.75, 3.05) is 13.1 Å². The van der Waals surface area contributed by atoms with Crippen LogP contribution in [0.2, 0.25) is 0 Å². The molecule has 2 atom stereocenters. The number of nitrogens with one attached hydrogen (secondary N) is 1. The van der Waals surface area contributed by atoms with Gasteiger partial charge in [-0.15, -0.1) is 0 Å². The van der Waals surface area contributed by atoms with Crippen LogP contribution in [0.4, 0.5) is 0 Å². The minimum atomic E-state index is 0.687. The van der Waals surface area contributed by atoms with Gasteiger partial charge in [-0.3, -0.25) is 0 Å². The molecule has 0 amide bonds. The van der Waals surface area contributed by atoms with E-state index in [1.165, 1.54) is 51.6 Å². The van der Waals surface area contributed by atoms with Crippen molar-refractivity contribution in [3.8, 4) is 0 Å². The Bertz CT molecular complexity index is 328. The minimum Gasteiger partial charge on any atom is -0.316 e. The van der Waals surface area contributed by atoms with Crippen molar-refractivity contribution in [2.45, 2.75) is 72.6 Å². The third-order valence-corrected chi connectivity index (χ3v) is 6.13. The minimum absolute atomic E-state index is 0.687. The van der Waals surface area contributed by atoms with Gasteiger partial charge in [0.1, 0.15) is 0 Å². The lowest BCUT2D eigenvalue weighted by Crippen LogP contribution is -2.55. The van der Waals surface area contributed by atoms with Crippen molar-refractivity contribution < 1.29 is 0 Å². The number of rotatable bonds is 5. The lowest BCUT2D eigenvalue weighted by atomic mass is 9.40. The zero-order chi connectivity index (χ0) is 13.7. The standard InChI is InChI=1S/C18H33N/c1-14(2)10-19-6-5-18-9-15-7-16(3,12-18)11-17(4,8-15)13-18/h14-15,19H,5-13H2,1-4H3. The second-order valence-electron chi connectivity index (χ2n) is 9.48. The summed E-state index contributed by atoms with van der Waals surface area (Å²) in [5, 5.41) is 3.68. The highest BCUT2D eigenvalue weighted by molar-refractivity contribution is 5.10. The Morgan fingerprint density at radius 1 is 1.00 bits per heavy atom. The van der Waals surface area contributed by atoms with E-state index < -0.39 is 0 Å². The van der Waals surface area contributed by atoms with Crippen LogP contribution in [0.1, 0.15) is 72.6 Å². The first-order valence-electron chi connectivity index (χ1n) is 8.53. The van der Waals surface area contributed by atoms with Gasteiger partial charge in [0, 0.05) is 0 Å².